The van der Waals surface area contributed by atoms with Crippen molar-refractivity contribution in [2.24, 2.45) is 0 Å². The lowest BCUT2D eigenvalue weighted by Gasteiger charge is -2.07. The summed E-state index contributed by atoms with van der Waals surface area (Å²) >= 11 is 0. The Morgan fingerprint density at radius 2 is 2.10 bits per heavy atom. The van der Waals surface area contributed by atoms with Crippen LogP contribution in [0.1, 0.15) is 17.4 Å². The van der Waals surface area contributed by atoms with Gasteiger partial charge in [0.15, 0.2) is 0 Å². The molecule has 0 bridgehead atoms. The molecule has 6 heteroatoms. The maximum atomic E-state index is 12.1. The lowest BCUT2D eigenvalue weighted by atomic mass is 10.3. The molecule has 6 nitrogen and oxygen atoms in total. The molecule has 2 N–H and O–H groups in total. The average Bonchev–Trinajstić information content (AvgIpc) is 2.48. The van der Waals surface area contributed by atoms with Gasteiger partial charge in [0.05, 0.1) is 19.0 Å². The third kappa shape index (κ3) is 3.44. The van der Waals surface area contributed by atoms with Crippen molar-refractivity contribution in [2.45, 2.75) is 6.92 Å². The molecule has 2 rings (SSSR count). The number of hydrogen-bond acceptors (Lipinski definition) is 5. The summed E-state index contributed by atoms with van der Waals surface area (Å²) in [5.74, 6) is 0.215. The molecule has 0 spiro atoms. The number of carbonyl (C=O) groups is 1. The van der Waals surface area contributed by atoms with Crippen LogP contribution in [0.25, 0.3) is 0 Å². The molecular formula is C14H16N4O2. The van der Waals surface area contributed by atoms with Crippen LogP contribution in [0, 0.1) is 0 Å². The minimum absolute atomic E-state index is 0.281. The predicted octanol–water partition coefficient (Wildman–Crippen LogP) is 2.17. The largest absolute Gasteiger partial charge is 0.481 e. The van der Waals surface area contributed by atoms with Crippen LogP contribution >= 0.6 is 0 Å². The fraction of sp³-hybridized carbons (Fsp3) is 0.214. The van der Waals surface area contributed by atoms with E-state index in [2.05, 4.69) is 20.6 Å². The third-order valence-corrected chi connectivity index (χ3v) is 2.58. The van der Waals surface area contributed by atoms with E-state index in [9.17, 15) is 4.79 Å². The molecule has 0 radical (unpaired) electrons. The number of ether oxygens (including phenoxy) is 1. The van der Waals surface area contributed by atoms with Gasteiger partial charge >= 0.3 is 0 Å². The summed E-state index contributed by atoms with van der Waals surface area (Å²) in [4.78, 5) is 20.1. The average molecular weight is 272 g/mol. The van der Waals surface area contributed by atoms with Gasteiger partial charge in [0.25, 0.3) is 5.91 Å². The zero-order chi connectivity index (χ0) is 14.4. The number of nitrogens with one attached hydrogen (secondary N) is 2. The van der Waals surface area contributed by atoms with E-state index >= 15 is 0 Å². The number of anilines is 2. The Kier molecular flexibility index (Phi) is 4.49. The van der Waals surface area contributed by atoms with E-state index in [4.69, 9.17) is 4.74 Å². The normalized spacial score (nSPS) is 9.90. The van der Waals surface area contributed by atoms with Gasteiger partial charge in [-0.2, -0.15) is 0 Å². The van der Waals surface area contributed by atoms with Gasteiger partial charge in [0.1, 0.15) is 5.69 Å². The number of hydrogen-bond donors (Lipinski definition) is 2. The summed E-state index contributed by atoms with van der Waals surface area (Å²) in [6.07, 6.45) is 3.13. The lowest BCUT2D eigenvalue weighted by molar-refractivity contribution is 0.102. The molecule has 0 unspecified atom stereocenters. The molecule has 1 amide bonds. The maximum Gasteiger partial charge on any atom is 0.274 e. The van der Waals surface area contributed by atoms with E-state index < -0.39 is 0 Å². The zero-order valence-corrected chi connectivity index (χ0v) is 11.4. The van der Waals surface area contributed by atoms with Crippen molar-refractivity contribution < 1.29 is 9.53 Å². The van der Waals surface area contributed by atoms with Gasteiger partial charge in [0, 0.05) is 24.5 Å². The molecule has 2 heterocycles. The maximum absolute atomic E-state index is 12.1. The van der Waals surface area contributed by atoms with E-state index in [-0.39, 0.29) is 5.91 Å². The first kappa shape index (κ1) is 13.8. The van der Waals surface area contributed by atoms with Crippen molar-refractivity contribution >= 4 is 17.3 Å². The van der Waals surface area contributed by atoms with Crippen molar-refractivity contribution in [3.8, 4) is 5.88 Å². The summed E-state index contributed by atoms with van der Waals surface area (Å²) < 4.78 is 4.96. The van der Waals surface area contributed by atoms with Gasteiger partial charge in [0.2, 0.25) is 5.88 Å². The van der Waals surface area contributed by atoms with Gasteiger partial charge in [-0.15, -0.1) is 0 Å². The van der Waals surface area contributed by atoms with E-state index in [0.29, 0.717) is 17.3 Å². The monoisotopic (exact) mass is 272 g/mol. The Bertz CT molecular complexity index is 584. The van der Waals surface area contributed by atoms with E-state index in [0.717, 1.165) is 12.2 Å². The standard InChI is InChI=1S/C14H16N4O2/c1-3-15-10-6-7-16-12(8-10)14(19)18-11-4-5-13(20-2)17-9-11/h4-9H,3H2,1-2H3,(H,15,16)(H,18,19). The van der Waals surface area contributed by atoms with Gasteiger partial charge in [-0.25, -0.2) is 4.98 Å². The molecule has 0 atom stereocenters. The second kappa shape index (κ2) is 6.51. The SMILES string of the molecule is CCNc1ccnc(C(=O)Nc2ccc(OC)nc2)c1. The number of carbonyl (C=O) groups excluding carboxylic acids is 1. The van der Waals surface area contributed by atoms with Crippen LogP contribution in [0.4, 0.5) is 11.4 Å². The van der Waals surface area contributed by atoms with Crippen molar-refractivity contribution in [1.82, 2.24) is 9.97 Å². The minimum atomic E-state index is -0.281. The second-order valence-electron chi connectivity index (χ2n) is 4.00. The molecule has 0 aliphatic carbocycles. The second-order valence-corrected chi connectivity index (χ2v) is 4.00. The smallest absolute Gasteiger partial charge is 0.274 e. The first-order chi connectivity index (χ1) is 9.72. The topological polar surface area (TPSA) is 76.1 Å². The quantitative estimate of drug-likeness (QED) is 0.872. The molecule has 0 saturated heterocycles. The summed E-state index contributed by atoms with van der Waals surface area (Å²) in [6, 6.07) is 6.92. The molecule has 104 valence electrons. The van der Waals surface area contributed by atoms with Crippen molar-refractivity contribution in [2.75, 3.05) is 24.3 Å². The van der Waals surface area contributed by atoms with E-state index in [1.54, 1.807) is 24.4 Å². The first-order valence-corrected chi connectivity index (χ1v) is 6.24. The molecule has 0 aliphatic heterocycles. The third-order valence-electron chi connectivity index (χ3n) is 2.58. The summed E-state index contributed by atoms with van der Waals surface area (Å²) in [7, 11) is 1.54. The highest BCUT2D eigenvalue weighted by atomic mass is 16.5. The number of amides is 1. The van der Waals surface area contributed by atoms with Crippen LogP contribution in [0.15, 0.2) is 36.7 Å². The molecular weight excluding hydrogens is 256 g/mol. The summed E-state index contributed by atoms with van der Waals surface area (Å²) in [6.45, 7) is 2.77. The number of pyridine rings is 2. The van der Waals surface area contributed by atoms with Crippen molar-refractivity contribution in [3.05, 3.63) is 42.4 Å². The van der Waals surface area contributed by atoms with Gasteiger partial charge < -0.3 is 15.4 Å². The van der Waals surface area contributed by atoms with Crippen molar-refractivity contribution in [3.63, 3.8) is 0 Å². The van der Waals surface area contributed by atoms with Crippen LogP contribution in [0.5, 0.6) is 5.88 Å². The Morgan fingerprint density at radius 3 is 2.75 bits per heavy atom. The Balaban J connectivity index is 2.08. The van der Waals surface area contributed by atoms with Crippen LogP contribution in [0.3, 0.4) is 0 Å². The summed E-state index contributed by atoms with van der Waals surface area (Å²) in [5, 5.41) is 5.86. The van der Waals surface area contributed by atoms with Crippen LogP contribution < -0.4 is 15.4 Å². The van der Waals surface area contributed by atoms with Crippen LogP contribution in [-0.2, 0) is 0 Å². The lowest BCUT2D eigenvalue weighted by Crippen LogP contribution is -2.14. The first-order valence-electron chi connectivity index (χ1n) is 6.24. The molecule has 0 aromatic carbocycles. The Hall–Kier alpha value is -2.63. The highest BCUT2D eigenvalue weighted by Crippen LogP contribution is 2.13. The van der Waals surface area contributed by atoms with E-state index in [1.807, 2.05) is 13.0 Å². The molecule has 2 aromatic rings. The zero-order valence-electron chi connectivity index (χ0n) is 11.4. The van der Waals surface area contributed by atoms with Crippen LogP contribution in [-0.4, -0.2) is 29.5 Å². The molecule has 0 aliphatic rings. The predicted molar refractivity (Wildman–Crippen MR) is 77.1 cm³/mol. The fourth-order valence-electron chi connectivity index (χ4n) is 1.64. The fourth-order valence-corrected chi connectivity index (χ4v) is 1.64. The van der Waals surface area contributed by atoms with Crippen molar-refractivity contribution in [1.29, 1.82) is 0 Å². The van der Waals surface area contributed by atoms with Gasteiger partial charge in [-0.05, 0) is 25.1 Å². The number of aromatic nitrogens is 2. The van der Waals surface area contributed by atoms with E-state index in [1.165, 1.54) is 13.3 Å². The Labute approximate surface area is 117 Å². The number of nitrogens with zero attached hydrogens (tertiary/aromatic N) is 2. The van der Waals surface area contributed by atoms with Gasteiger partial charge in [-0.1, -0.05) is 0 Å². The highest BCUT2D eigenvalue weighted by molar-refractivity contribution is 6.03. The number of methoxy groups -OCH3 is 1. The highest BCUT2D eigenvalue weighted by Gasteiger charge is 2.08. The Morgan fingerprint density at radius 1 is 1.25 bits per heavy atom. The number of rotatable bonds is 5. The van der Waals surface area contributed by atoms with Gasteiger partial charge in [-0.3, -0.25) is 9.78 Å². The summed E-state index contributed by atoms with van der Waals surface area (Å²) in [5.41, 5.74) is 1.80. The molecule has 0 saturated carbocycles. The van der Waals surface area contributed by atoms with Crippen LogP contribution in [0.2, 0.25) is 0 Å². The molecule has 2 aromatic heterocycles. The molecule has 20 heavy (non-hydrogen) atoms. The molecule has 0 fully saturated rings. The minimum Gasteiger partial charge on any atom is -0.481 e.